The van der Waals surface area contributed by atoms with Gasteiger partial charge in [-0.05, 0) is 20.3 Å². The molecule has 0 bridgehead atoms. The molecule has 7 nitrogen and oxygen atoms in total. The first kappa shape index (κ1) is 20.1. The minimum Gasteiger partial charge on any atom is -0.379 e. The highest BCUT2D eigenvalue weighted by atomic mass is 16.5. The number of nitrogens with one attached hydrogen (secondary N) is 1. The van der Waals surface area contributed by atoms with E-state index in [9.17, 15) is 14.4 Å². The maximum absolute atomic E-state index is 11.7. The first-order valence-corrected chi connectivity index (χ1v) is 8.02. The maximum Gasteiger partial charge on any atom is 0.256 e. The van der Waals surface area contributed by atoms with Gasteiger partial charge in [-0.1, -0.05) is 5.57 Å². The van der Waals surface area contributed by atoms with Gasteiger partial charge in [-0.15, -0.1) is 6.58 Å². The Kier molecular flexibility index (Phi) is 8.96. The van der Waals surface area contributed by atoms with Crippen LogP contribution in [0.25, 0.3) is 0 Å². The molecule has 0 unspecified atom stereocenters. The van der Waals surface area contributed by atoms with Crippen LogP contribution in [0.4, 0.5) is 0 Å². The fraction of sp³-hybridized carbons (Fsp3) is 0.588. The standard InChI is InChI=1S/C17H26N2O5/c1-13(2)5-8-23-10-11-24-9-6-18-15(20)4-7-19-16(21)12-14(3)17(19)22/h12H,1,4-11H2,2-3H3,(H,18,20). The van der Waals surface area contributed by atoms with Gasteiger partial charge < -0.3 is 14.8 Å². The molecule has 1 aliphatic rings. The van der Waals surface area contributed by atoms with Gasteiger partial charge in [0, 0.05) is 31.2 Å². The van der Waals surface area contributed by atoms with Gasteiger partial charge in [0.25, 0.3) is 11.8 Å². The van der Waals surface area contributed by atoms with E-state index in [0.29, 0.717) is 38.5 Å². The molecule has 1 N–H and O–H groups in total. The maximum atomic E-state index is 11.7. The molecule has 24 heavy (non-hydrogen) atoms. The number of ether oxygens (including phenoxy) is 2. The van der Waals surface area contributed by atoms with E-state index in [4.69, 9.17) is 9.47 Å². The quantitative estimate of drug-likeness (QED) is 0.323. The Morgan fingerprint density at radius 1 is 1.17 bits per heavy atom. The van der Waals surface area contributed by atoms with Crippen molar-refractivity contribution in [2.45, 2.75) is 26.7 Å². The lowest BCUT2D eigenvalue weighted by Crippen LogP contribution is -2.36. The molecule has 0 fully saturated rings. The molecule has 0 atom stereocenters. The number of rotatable bonds is 12. The summed E-state index contributed by atoms with van der Waals surface area (Å²) >= 11 is 0. The van der Waals surface area contributed by atoms with Crippen molar-refractivity contribution < 1.29 is 23.9 Å². The molecule has 0 aromatic heterocycles. The van der Waals surface area contributed by atoms with Gasteiger partial charge in [-0.2, -0.15) is 0 Å². The summed E-state index contributed by atoms with van der Waals surface area (Å²) in [7, 11) is 0. The van der Waals surface area contributed by atoms with E-state index in [1.54, 1.807) is 6.92 Å². The second-order valence-electron chi connectivity index (χ2n) is 5.65. The zero-order valence-electron chi connectivity index (χ0n) is 14.4. The Labute approximate surface area is 142 Å². The molecule has 134 valence electrons. The van der Waals surface area contributed by atoms with Gasteiger partial charge in [-0.3, -0.25) is 19.3 Å². The van der Waals surface area contributed by atoms with Gasteiger partial charge in [0.05, 0.1) is 26.4 Å². The van der Waals surface area contributed by atoms with Gasteiger partial charge >= 0.3 is 0 Å². The van der Waals surface area contributed by atoms with Gasteiger partial charge in [0.2, 0.25) is 5.91 Å². The molecule has 1 rings (SSSR count). The number of carbonyl (C=O) groups excluding carboxylic acids is 3. The fourth-order valence-corrected chi connectivity index (χ4v) is 1.98. The molecule has 1 heterocycles. The average molecular weight is 338 g/mol. The van der Waals surface area contributed by atoms with E-state index in [1.165, 1.54) is 6.08 Å². The fourth-order valence-electron chi connectivity index (χ4n) is 1.98. The van der Waals surface area contributed by atoms with Gasteiger partial charge in [0.15, 0.2) is 0 Å². The summed E-state index contributed by atoms with van der Waals surface area (Å²) in [6, 6.07) is 0. The lowest BCUT2D eigenvalue weighted by atomic mass is 10.3. The van der Waals surface area contributed by atoms with Crippen LogP contribution in [-0.4, -0.2) is 62.1 Å². The third-order valence-electron chi connectivity index (χ3n) is 3.36. The van der Waals surface area contributed by atoms with Crippen LogP contribution in [0.15, 0.2) is 23.8 Å². The SMILES string of the molecule is C=C(C)CCOCCOCCNC(=O)CCN1C(=O)C=C(C)C1=O. The van der Waals surface area contributed by atoms with Crippen LogP contribution in [0.1, 0.15) is 26.7 Å². The number of imide groups is 1. The van der Waals surface area contributed by atoms with Crippen LogP contribution < -0.4 is 5.32 Å². The lowest BCUT2D eigenvalue weighted by Gasteiger charge is -2.14. The number of hydrogen-bond acceptors (Lipinski definition) is 5. The van der Waals surface area contributed by atoms with Crippen molar-refractivity contribution in [1.82, 2.24) is 10.2 Å². The smallest absolute Gasteiger partial charge is 0.256 e. The van der Waals surface area contributed by atoms with E-state index in [0.717, 1.165) is 16.9 Å². The largest absolute Gasteiger partial charge is 0.379 e. The lowest BCUT2D eigenvalue weighted by molar-refractivity contribution is -0.137. The van der Waals surface area contributed by atoms with Crippen molar-refractivity contribution in [3.63, 3.8) is 0 Å². The summed E-state index contributed by atoms with van der Waals surface area (Å²) in [5.41, 5.74) is 1.49. The molecule has 0 aromatic carbocycles. The van der Waals surface area contributed by atoms with Crippen LogP contribution in [0, 0.1) is 0 Å². The molecule has 7 heteroatoms. The van der Waals surface area contributed by atoms with E-state index < -0.39 is 0 Å². The summed E-state index contributed by atoms with van der Waals surface area (Å²) in [4.78, 5) is 35.9. The van der Waals surface area contributed by atoms with Crippen LogP contribution in [0.3, 0.4) is 0 Å². The molecular formula is C17H26N2O5. The summed E-state index contributed by atoms with van der Waals surface area (Å²) in [5, 5.41) is 2.68. The van der Waals surface area contributed by atoms with Crippen molar-refractivity contribution in [3.05, 3.63) is 23.8 Å². The van der Waals surface area contributed by atoms with Crippen LogP contribution in [-0.2, 0) is 23.9 Å². The molecule has 0 spiro atoms. The summed E-state index contributed by atoms with van der Waals surface area (Å²) in [6.07, 6.45) is 2.21. The third kappa shape index (κ3) is 7.52. The Morgan fingerprint density at radius 3 is 2.42 bits per heavy atom. The van der Waals surface area contributed by atoms with Crippen LogP contribution in [0.2, 0.25) is 0 Å². The normalized spacial score (nSPS) is 14.1. The predicted octanol–water partition coefficient (Wildman–Crippen LogP) is 0.807. The van der Waals surface area contributed by atoms with Crippen molar-refractivity contribution in [1.29, 1.82) is 0 Å². The van der Waals surface area contributed by atoms with Gasteiger partial charge in [0.1, 0.15) is 0 Å². The topological polar surface area (TPSA) is 84.9 Å². The Balaban J connectivity index is 1.98. The summed E-state index contributed by atoms with van der Waals surface area (Å²) < 4.78 is 10.7. The number of amides is 3. The van der Waals surface area contributed by atoms with Crippen LogP contribution in [0.5, 0.6) is 0 Å². The second-order valence-corrected chi connectivity index (χ2v) is 5.65. The molecule has 0 saturated heterocycles. The zero-order valence-corrected chi connectivity index (χ0v) is 14.4. The average Bonchev–Trinajstić information content (AvgIpc) is 2.76. The monoisotopic (exact) mass is 338 g/mol. The number of nitrogens with zero attached hydrogens (tertiary/aromatic N) is 1. The first-order chi connectivity index (χ1) is 11.4. The van der Waals surface area contributed by atoms with E-state index in [-0.39, 0.29) is 30.7 Å². The number of carbonyl (C=O) groups is 3. The Bertz CT molecular complexity index is 513. The van der Waals surface area contributed by atoms with E-state index in [1.807, 2.05) is 6.92 Å². The van der Waals surface area contributed by atoms with E-state index in [2.05, 4.69) is 11.9 Å². The molecule has 3 amide bonds. The van der Waals surface area contributed by atoms with Gasteiger partial charge in [-0.25, -0.2) is 0 Å². The van der Waals surface area contributed by atoms with Crippen molar-refractivity contribution in [3.8, 4) is 0 Å². The third-order valence-corrected chi connectivity index (χ3v) is 3.36. The zero-order chi connectivity index (χ0) is 17.9. The Hall–Kier alpha value is -1.99. The molecule has 0 aromatic rings. The molecule has 0 radical (unpaired) electrons. The van der Waals surface area contributed by atoms with Crippen LogP contribution >= 0.6 is 0 Å². The minimum atomic E-state index is -0.361. The highest BCUT2D eigenvalue weighted by Crippen LogP contribution is 2.11. The van der Waals surface area contributed by atoms with E-state index >= 15 is 0 Å². The van der Waals surface area contributed by atoms with Crippen molar-refractivity contribution in [2.75, 3.05) is 39.5 Å². The molecule has 0 aliphatic carbocycles. The minimum absolute atomic E-state index is 0.0859. The molecule has 0 saturated carbocycles. The summed E-state index contributed by atoms with van der Waals surface area (Å²) in [6.45, 7) is 9.79. The predicted molar refractivity (Wildman–Crippen MR) is 89.2 cm³/mol. The Morgan fingerprint density at radius 2 is 1.83 bits per heavy atom. The highest BCUT2D eigenvalue weighted by Gasteiger charge is 2.28. The summed E-state index contributed by atoms with van der Waals surface area (Å²) in [5.74, 6) is -0.912. The first-order valence-electron chi connectivity index (χ1n) is 8.02. The number of hydrogen-bond donors (Lipinski definition) is 1. The van der Waals surface area contributed by atoms with Crippen molar-refractivity contribution >= 4 is 17.7 Å². The highest BCUT2D eigenvalue weighted by molar-refractivity contribution is 6.15. The molecular weight excluding hydrogens is 312 g/mol. The van der Waals surface area contributed by atoms with Crippen molar-refractivity contribution in [2.24, 2.45) is 0 Å². The molecule has 1 aliphatic heterocycles. The second kappa shape index (κ2) is 10.7.